The van der Waals surface area contributed by atoms with Gasteiger partial charge in [0.05, 0.1) is 16.6 Å². The molecule has 2 aromatic carbocycles. The van der Waals surface area contributed by atoms with Gasteiger partial charge in [-0.1, -0.05) is 35.6 Å². The molecule has 0 spiro atoms. The van der Waals surface area contributed by atoms with Crippen molar-refractivity contribution in [3.05, 3.63) is 69.9 Å². The van der Waals surface area contributed by atoms with E-state index in [1.165, 1.54) is 53.7 Å². The summed E-state index contributed by atoms with van der Waals surface area (Å²) in [4.78, 5) is 24.0. The smallest absolute Gasteiger partial charge is 0.286 e. The Hall–Kier alpha value is -3.02. The zero-order valence-electron chi connectivity index (χ0n) is 17.0. The van der Waals surface area contributed by atoms with Gasteiger partial charge in [-0.2, -0.15) is 4.31 Å². The number of Topliss-reactive ketones (excluding diaryl/α,β-unsaturated/α-hetero) is 1. The summed E-state index contributed by atoms with van der Waals surface area (Å²) >= 11 is 0.977. The summed E-state index contributed by atoms with van der Waals surface area (Å²) in [6.45, 7) is 1.72. The Morgan fingerprint density at radius 3 is 2.53 bits per heavy atom. The zero-order chi connectivity index (χ0) is 22.9. The Labute approximate surface area is 188 Å². The normalized spacial score (nSPS) is 16.8. The minimum absolute atomic E-state index is 0.0123. The molecule has 11 heteroatoms. The molecule has 32 heavy (non-hydrogen) atoms. The maximum absolute atomic E-state index is 13.8. The second-order valence-corrected chi connectivity index (χ2v) is 10.1. The van der Waals surface area contributed by atoms with E-state index in [9.17, 15) is 22.4 Å². The van der Waals surface area contributed by atoms with E-state index >= 15 is 0 Å². The lowest BCUT2D eigenvalue weighted by atomic mass is 10.2. The molecule has 1 amide bonds. The quantitative estimate of drug-likeness (QED) is 0.546. The van der Waals surface area contributed by atoms with Crippen molar-refractivity contribution in [3.63, 3.8) is 0 Å². The van der Waals surface area contributed by atoms with E-state index in [2.05, 4.69) is 15.5 Å². The molecule has 1 aliphatic rings. The van der Waals surface area contributed by atoms with Crippen LogP contribution in [0.25, 0.3) is 0 Å². The van der Waals surface area contributed by atoms with E-state index in [0.717, 1.165) is 11.3 Å². The highest BCUT2D eigenvalue weighted by Gasteiger charge is 2.38. The highest BCUT2D eigenvalue weighted by Crippen LogP contribution is 2.37. The maximum Gasteiger partial charge on any atom is 0.286 e. The molecular formula is C21H19FN4O4S2. The molecule has 0 radical (unpaired) electrons. The molecule has 166 valence electrons. The Kier molecular flexibility index (Phi) is 6.13. The number of hydrogen-bond donors (Lipinski definition) is 1. The summed E-state index contributed by atoms with van der Waals surface area (Å²) in [5, 5.41) is 10.8. The fourth-order valence-corrected chi connectivity index (χ4v) is 6.08. The summed E-state index contributed by atoms with van der Waals surface area (Å²) in [6.07, 6.45) is 1.17. The van der Waals surface area contributed by atoms with Gasteiger partial charge in [0, 0.05) is 12.1 Å². The Bertz CT molecular complexity index is 1270. The van der Waals surface area contributed by atoms with Crippen LogP contribution < -0.4 is 5.32 Å². The number of benzene rings is 2. The van der Waals surface area contributed by atoms with E-state index in [1.807, 2.05) is 0 Å². The van der Waals surface area contributed by atoms with Gasteiger partial charge in [0.1, 0.15) is 10.8 Å². The molecule has 1 atom stereocenters. The van der Waals surface area contributed by atoms with Crippen LogP contribution >= 0.6 is 11.3 Å². The monoisotopic (exact) mass is 474 g/mol. The predicted molar refractivity (Wildman–Crippen MR) is 117 cm³/mol. The zero-order valence-corrected chi connectivity index (χ0v) is 18.6. The number of anilines is 1. The molecule has 8 nitrogen and oxygen atoms in total. The van der Waals surface area contributed by atoms with E-state index in [4.69, 9.17) is 0 Å². The highest BCUT2D eigenvalue weighted by atomic mass is 32.2. The molecular weight excluding hydrogens is 455 g/mol. The van der Waals surface area contributed by atoms with Crippen LogP contribution in [0.5, 0.6) is 0 Å². The number of carbonyl (C=O) groups is 2. The first-order valence-electron chi connectivity index (χ1n) is 9.79. The van der Waals surface area contributed by atoms with Gasteiger partial charge in [0.25, 0.3) is 5.91 Å². The summed E-state index contributed by atoms with van der Waals surface area (Å²) in [5.74, 6) is -1.34. The summed E-state index contributed by atoms with van der Waals surface area (Å²) < 4.78 is 41.5. The van der Waals surface area contributed by atoms with Crippen LogP contribution in [-0.2, 0) is 10.0 Å². The lowest BCUT2D eigenvalue weighted by molar-refractivity contribution is 0.101. The number of ketones is 1. The van der Waals surface area contributed by atoms with Gasteiger partial charge in [-0.3, -0.25) is 9.59 Å². The Morgan fingerprint density at radius 1 is 1.12 bits per heavy atom. The number of para-hydroxylation sites is 1. The van der Waals surface area contributed by atoms with Crippen molar-refractivity contribution in [2.75, 3.05) is 11.9 Å². The molecule has 1 fully saturated rings. The summed E-state index contributed by atoms with van der Waals surface area (Å²) in [7, 11) is -3.83. The maximum atomic E-state index is 13.8. The standard InChI is InChI=1S/C21H19FN4O4S2/c1-13(27)14-8-10-15(11-9-14)32(29,30)26-12-4-7-18(26)20-24-25-21(31-20)19(28)23-17-6-3-2-5-16(17)22/h2-3,5-6,8-11,18H,4,7,12H2,1H3,(H,23,28)/t18-/m1/s1. The van der Waals surface area contributed by atoms with Gasteiger partial charge in [-0.15, -0.1) is 10.2 Å². The molecule has 1 aliphatic heterocycles. The lowest BCUT2D eigenvalue weighted by Crippen LogP contribution is -2.30. The first-order chi connectivity index (χ1) is 15.3. The molecule has 0 aliphatic carbocycles. The number of rotatable bonds is 6. The van der Waals surface area contributed by atoms with Gasteiger partial charge in [0.2, 0.25) is 15.0 Å². The number of nitrogens with zero attached hydrogens (tertiary/aromatic N) is 3. The number of halogens is 1. The number of sulfonamides is 1. The SMILES string of the molecule is CC(=O)c1ccc(S(=O)(=O)N2CCC[C@@H]2c2nnc(C(=O)Nc3ccccc3F)s2)cc1. The van der Waals surface area contributed by atoms with Crippen molar-refractivity contribution >= 4 is 38.7 Å². The third kappa shape index (κ3) is 4.31. The van der Waals surface area contributed by atoms with Crippen LogP contribution in [0.4, 0.5) is 10.1 Å². The van der Waals surface area contributed by atoms with Crippen LogP contribution in [0, 0.1) is 5.82 Å². The second kappa shape index (κ2) is 8.85. The Morgan fingerprint density at radius 2 is 1.84 bits per heavy atom. The molecule has 0 saturated carbocycles. The summed E-state index contributed by atoms with van der Waals surface area (Å²) in [5.41, 5.74) is 0.449. The van der Waals surface area contributed by atoms with Crippen LogP contribution in [-0.4, -0.2) is 41.2 Å². The van der Waals surface area contributed by atoms with E-state index in [1.54, 1.807) is 6.07 Å². The van der Waals surface area contributed by atoms with Crippen LogP contribution in [0.3, 0.4) is 0 Å². The van der Waals surface area contributed by atoms with E-state index in [0.29, 0.717) is 30.0 Å². The Balaban J connectivity index is 1.55. The third-order valence-electron chi connectivity index (χ3n) is 5.11. The molecule has 4 rings (SSSR count). The first kappa shape index (κ1) is 22.2. The van der Waals surface area contributed by atoms with Crippen LogP contribution in [0.2, 0.25) is 0 Å². The minimum atomic E-state index is -3.83. The molecule has 1 saturated heterocycles. The average molecular weight is 475 g/mol. The predicted octanol–water partition coefficient (Wildman–Crippen LogP) is 3.66. The molecule has 1 N–H and O–H groups in total. The van der Waals surface area contributed by atoms with Gasteiger partial charge in [-0.25, -0.2) is 12.8 Å². The molecule has 0 bridgehead atoms. The fourth-order valence-electron chi connectivity index (χ4n) is 3.47. The van der Waals surface area contributed by atoms with E-state index < -0.39 is 27.8 Å². The van der Waals surface area contributed by atoms with Crippen molar-refractivity contribution in [2.45, 2.75) is 30.7 Å². The number of nitrogens with one attached hydrogen (secondary N) is 1. The number of aromatic nitrogens is 2. The minimum Gasteiger partial charge on any atom is -0.317 e. The number of hydrogen-bond acceptors (Lipinski definition) is 7. The van der Waals surface area contributed by atoms with Gasteiger partial charge in [-0.05, 0) is 44.0 Å². The largest absolute Gasteiger partial charge is 0.317 e. The fraction of sp³-hybridized carbons (Fsp3) is 0.238. The van der Waals surface area contributed by atoms with Crippen molar-refractivity contribution < 1.29 is 22.4 Å². The second-order valence-electron chi connectivity index (χ2n) is 7.23. The number of carbonyl (C=O) groups excluding carboxylic acids is 2. The van der Waals surface area contributed by atoms with E-state index in [-0.39, 0.29) is 21.4 Å². The van der Waals surface area contributed by atoms with Crippen LogP contribution in [0.15, 0.2) is 53.4 Å². The third-order valence-corrected chi connectivity index (χ3v) is 8.06. The molecule has 1 aromatic heterocycles. The molecule has 0 unspecified atom stereocenters. The number of amides is 1. The topological polar surface area (TPSA) is 109 Å². The van der Waals surface area contributed by atoms with Gasteiger partial charge >= 0.3 is 0 Å². The first-order valence-corrected chi connectivity index (χ1v) is 12.0. The van der Waals surface area contributed by atoms with Gasteiger partial charge < -0.3 is 5.32 Å². The van der Waals surface area contributed by atoms with Crippen molar-refractivity contribution in [1.29, 1.82) is 0 Å². The average Bonchev–Trinajstić information content (AvgIpc) is 3.45. The van der Waals surface area contributed by atoms with Crippen molar-refractivity contribution in [3.8, 4) is 0 Å². The van der Waals surface area contributed by atoms with Crippen molar-refractivity contribution in [1.82, 2.24) is 14.5 Å². The lowest BCUT2D eigenvalue weighted by Gasteiger charge is -2.22. The van der Waals surface area contributed by atoms with Crippen molar-refractivity contribution in [2.24, 2.45) is 0 Å². The summed E-state index contributed by atoms with van der Waals surface area (Å²) in [6, 6.07) is 11.0. The van der Waals surface area contributed by atoms with Gasteiger partial charge in [0.15, 0.2) is 5.78 Å². The van der Waals surface area contributed by atoms with Crippen LogP contribution in [0.1, 0.15) is 51.0 Å². The molecule has 3 aromatic rings. The molecule has 2 heterocycles. The highest BCUT2D eigenvalue weighted by molar-refractivity contribution is 7.89.